The van der Waals surface area contributed by atoms with Crippen molar-refractivity contribution < 1.29 is 4.79 Å². The molecular formula is C19H18BrN3OS. The van der Waals surface area contributed by atoms with Crippen LogP contribution < -0.4 is 5.32 Å². The third-order valence-electron chi connectivity index (χ3n) is 4.18. The molecule has 0 aliphatic heterocycles. The number of nitrogens with zero attached hydrogens (tertiary/aromatic N) is 2. The maximum absolute atomic E-state index is 12.5. The summed E-state index contributed by atoms with van der Waals surface area (Å²) in [7, 11) is 0. The molecule has 4 nitrogen and oxygen atoms in total. The lowest BCUT2D eigenvalue weighted by atomic mass is 9.95. The molecular weight excluding hydrogens is 398 g/mol. The summed E-state index contributed by atoms with van der Waals surface area (Å²) in [5.74, 6) is -0.111. The molecule has 2 aromatic rings. The quantitative estimate of drug-likeness (QED) is 0.733. The average molecular weight is 416 g/mol. The minimum absolute atomic E-state index is 0.111. The molecule has 0 bridgehead atoms. The lowest BCUT2D eigenvalue weighted by molar-refractivity contribution is -0.115. The van der Waals surface area contributed by atoms with Gasteiger partial charge in [0.05, 0.1) is 16.5 Å². The molecule has 128 valence electrons. The van der Waals surface area contributed by atoms with Gasteiger partial charge in [-0.05, 0) is 72.3 Å². The molecule has 1 N–H and O–H groups in total. The van der Waals surface area contributed by atoms with Gasteiger partial charge in [0.1, 0.15) is 11.1 Å². The van der Waals surface area contributed by atoms with Crippen LogP contribution in [0, 0.1) is 11.3 Å². The maximum Gasteiger partial charge on any atom is 0.237 e. The maximum atomic E-state index is 12.5. The Balaban J connectivity index is 1.76. The lowest BCUT2D eigenvalue weighted by Gasteiger charge is -2.18. The fourth-order valence-corrected chi connectivity index (χ4v) is 4.08. The summed E-state index contributed by atoms with van der Waals surface area (Å²) in [6.45, 7) is 1.83. The smallest absolute Gasteiger partial charge is 0.237 e. The molecule has 1 unspecified atom stereocenters. The second-order valence-corrected chi connectivity index (χ2v) is 8.18. The van der Waals surface area contributed by atoms with Crippen molar-refractivity contribution in [1.82, 2.24) is 4.98 Å². The highest BCUT2D eigenvalue weighted by atomic mass is 79.9. The second-order valence-electron chi connectivity index (χ2n) is 5.99. The van der Waals surface area contributed by atoms with E-state index < -0.39 is 0 Å². The predicted molar refractivity (Wildman–Crippen MR) is 104 cm³/mol. The van der Waals surface area contributed by atoms with Gasteiger partial charge in [-0.15, -0.1) is 0 Å². The topological polar surface area (TPSA) is 65.8 Å². The Morgan fingerprint density at radius 3 is 2.88 bits per heavy atom. The molecule has 1 heterocycles. The summed E-state index contributed by atoms with van der Waals surface area (Å²) in [4.78, 5) is 17.2. The van der Waals surface area contributed by atoms with Gasteiger partial charge in [-0.1, -0.05) is 23.9 Å². The van der Waals surface area contributed by atoms with Crippen LogP contribution >= 0.6 is 27.7 Å². The molecule has 1 aromatic heterocycles. The third kappa shape index (κ3) is 4.23. The Hall–Kier alpha value is -1.84. The number of amides is 1. The van der Waals surface area contributed by atoms with Crippen LogP contribution in [-0.2, 0) is 17.6 Å². The Bertz CT molecular complexity index is 847. The van der Waals surface area contributed by atoms with Crippen LogP contribution in [0.3, 0.4) is 0 Å². The van der Waals surface area contributed by atoms with Crippen LogP contribution in [-0.4, -0.2) is 16.1 Å². The monoisotopic (exact) mass is 415 g/mol. The first-order valence-corrected chi connectivity index (χ1v) is 9.90. The van der Waals surface area contributed by atoms with E-state index in [-0.39, 0.29) is 11.2 Å². The van der Waals surface area contributed by atoms with Gasteiger partial charge in [0, 0.05) is 10.2 Å². The van der Waals surface area contributed by atoms with E-state index in [1.807, 2.05) is 37.3 Å². The Labute approximate surface area is 160 Å². The minimum Gasteiger partial charge on any atom is -0.324 e. The fraction of sp³-hybridized carbons (Fsp3) is 0.316. The van der Waals surface area contributed by atoms with Crippen LogP contribution in [0.2, 0.25) is 0 Å². The van der Waals surface area contributed by atoms with Crippen LogP contribution in [0.4, 0.5) is 5.69 Å². The molecule has 0 saturated carbocycles. The first-order chi connectivity index (χ1) is 12.1. The van der Waals surface area contributed by atoms with Crippen LogP contribution in [0.1, 0.15) is 36.6 Å². The number of carbonyl (C=O) groups is 1. The standard InChI is InChI=1S/C19H18BrN3OS/c1-12(18(24)22-17-9-5-3-7-15(17)20)25-19-14(11-21)10-13-6-2-4-8-16(13)23-19/h3,5,7,9-10,12H,2,4,6,8H2,1H3,(H,22,24). The van der Waals surface area contributed by atoms with E-state index in [9.17, 15) is 10.1 Å². The molecule has 0 saturated heterocycles. The molecule has 1 aliphatic rings. The van der Waals surface area contributed by atoms with Crippen molar-refractivity contribution >= 4 is 39.3 Å². The van der Waals surface area contributed by atoms with Gasteiger partial charge in [-0.3, -0.25) is 4.79 Å². The minimum atomic E-state index is -0.353. The molecule has 6 heteroatoms. The van der Waals surface area contributed by atoms with Gasteiger partial charge in [0.2, 0.25) is 5.91 Å². The molecule has 1 aromatic carbocycles. The Kier molecular flexibility index (Phi) is 5.77. The van der Waals surface area contributed by atoms with Crippen molar-refractivity contribution in [3.05, 3.63) is 51.6 Å². The summed E-state index contributed by atoms with van der Waals surface area (Å²) in [6, 6.07) is 11.7. The zero-order valence-corrected chi connectivity index (χ0v) is 16.3. The van der Waals surface area contributed by atoms with E-state index >= 15 is 0 Å². The van der Waals surface area contributed by atoms with Gasteiger partial charge in [0.15, 0.2) is 0 Å². The van der Waals surface area contributed by atoms with Gasteiger partial charge in [-0.2, -0.15) is 5.26 Å². The van der Waals surface area contributed by atoms with E-state index in [1.54, 1.807) is 0 Å². The summed E-state index contributed by atoms with van der Waals surface area (Å²) < 4.78 is 0.838. The van der Waals surface area contributed by atoms with Crippen molar-refractivity contribution in [1.29, 1.82) is 5.26 Å². The zero-order valence-electron chi connectivity index (χ0n) is 13.9. The lowest BCUT2D eigenvalue weighted by Crippen LogP contribution is -2.23. The first-order valence-electron chi connectivity index (χ1n) is 8.23. The van der Waals surface area contributed by atoms with Crippen molar-refractivity contribution in [2.45, 2.75) is 42.9 Å². The fourth-order valence-electron chi connectivity index (χ4n) is 2.80. The van der Waals surface area contributed by atoms with E-state index in [4.69, 9.17) is 0 Å². The number of anilines is 1. The molecule has 25 heavy (non-hydrogen) atoms. The Morgan fingerprint density at radius 2 is 2.12 bits per heavy atom. The predicted octanol–water partition coefficient (Wildman–Crippen LogP) is 4.71. The number of pyridine rings is 1. The van der Waals surface area contributed by atoms with E-state index in [1.165, 1.54) is 17.3 Å². The van der Waals surface area contributed by atoms with Crippen LogP contribution in [0.15, 0.2) is 39.8 Å². The van der Waals surface area contributed by atoms with Crippen molar-refractivity contribution in [2.75, 3.05) is 5.32 Å². The number of fused-ring (bicyclic) bond motifs is 1. The van der Waals surface area contributed by atoms with Crippen molar-refractivity contribution in [2.24, 2.45) is 0 Å². The summed E-state index contributed by atoms with van der Waals surface area (Å²) in [5.41, 5.74) is 3.55. The molecule has 0 spiro atoms. The SMILES string of the molecule is CC(Sc1nc2c(cc1C#N)CCCC2)C(=O)Nc1ccccc1Br. The number of rotatable bonds is 4. The third-order valence-corrected chi connectivity index (χ3v) is 5.97. The number of hydrogen-bond acceptors (Lipinski definition) is 4. The number of aryl methyl sites for hydroxylation is 2. The number of aromatic nitrogens is 1. The number of hydrogen-bond donors (Lipinski definition) is 1. The molecule has 1 aliphatic carbocycles. The number of nitriles is 1. The molecule has 3 rings (SSSR count). The number of thioether (sulfide) groups is 1. The van der Waals surface area contributed by atoms with E-state index in [0.29, 0.717) is 10.6 Å². The normalized spacial score (nSPS) is 14.3. The molecule has 0 fully saturated rings. The molecule has 1 atom stereocenters. The Morgan fingerprint density at radius 1 is 1.36 bits per heavy atom. The highest BCUT2D eigenvalue weighted by molar-refractivity contribution is 9.10. The van der Waals surface area contributed by atoms with E-state index in [0.717, 1.165) is 41.5 Å². The number of benzene rings is 1. The zero-order chi connectivity index (χ0) is 17.8. The van der Waals surface area contributed by atoms with Crippen molar-refractivity contribution in [3.8, 4) is 6.07 Å². The first kappa shape index (κ1) is 18.0. The molecule has 1 amide bonds. The van der Waals surface area contributed by atoms with E-state index in [2.05, 4.69) is 32.3 Å². The number of halogens is 1. The highest BCUT2D eigenvalue weighted by Gasteiger charge is 2.21. The average Bonchev–Trinajstić information content (AvgIpc) is 2.63. The summed E-state index contributed by atoms with van der Waals surface area (Å²) in [5, 5.41) is 12.6. The number of para-hydroxylation sites is 1. The van der Waals surface area contributed by atoms with Crippen LogP contribution in [0.25, 0.3) is 0 Å². The second kappa shape index (κ2) is 8.03. The van der Waals surface area contributed by atoms with Gasteiger partial charge < -0.3 is 5.32 Å². The highest BCUT2D eigenvalue weighted by Crippen LogP contribution is 2.30. The number of nitrogens with one attached hydrogen (secondary N) is 1. The summed E-state index contributed by atoms with van der Waals surface area (Å²) in [6.07, 6.45) is 4.22. The van der Waals surface area contributed by atoms with Crippen molar-refractivity contribution in [3.63, 3.8) is 0 Å². The largest absolute Gasteiger partial charge is 0.324 e. The van der Waals surface area contributed by atoms with Gasteiger partial charge >= 0.3 is 0 Å². The number of carbonyl (C=O) groups excluding carboxylic acids is 1. The summed E-state index contributed by atoms with van der Waals surface area (Å²) >= 11 is 4.77. The van der Waals surface area contributed by atoms with Gasteiger partial charge in [0.25, 0.3) is 0 Å². The molecule has 0 radical (unpaired) electrons. The van der Waals surface area contributed by atoms with Gasteiger partial charge in [-0.25, -0.2) is 4.98 Å². The van der Waals surface area contributed by atoms with Crippen LogP contribution in [0.5, 0.6) is 0 Å².